The van der Waals surface area contributed by atoms with Crippen molar-refractivity contribution < 1.29 is 19.9 Å². The van der Waals surface area contributed by atoms with Gasteiger partial charge in [-0.05, 0) is 43.2 Å². The molecule has 1 fully saturated rings. The van der Waals surface area contributed by atoms with Crippen LogP contribution in [0.25, 0.3) is 0 Å². The number of urea groups is 1. The first-order valence-electron chi connectivity index (χ1n) is 9.82. The summed E-state index contributed by atoms with van der Waals surface area (Å²) in [5.74, 6) is 5.62. The summed E-state index contributed by atoms with van der Waals surface area (Å²) >= 11 is 0. The van der Waals surface area contributed by atoms with Crippen LogP contribution < -0.4 is 10.8 Å². The van der Waals surface area contributed by atoms with Crippen molar-refractivity contribution in [3.8, 4) is 11.8 Å². The molecule has 0 spiro atoms. The van der Waals surface area contributed by atoms with E-state index in [2.05, 4.69) is 17.2 Å². The summed E-state index contributed by atoms with van der Waals surface area (Å²) in [5.41, 5.74) is 4.42. The number of carbonyl (C=O) groups is 2. The number of hydrogen-bond donors (Lipinski definition) is 4. The second-order valence-corrected chi connectivity index (χ2v) is 7.32. The SMILES string of the molecule is C[C@@H](O)[C@H](NC(=O)N1CCC(c2cccc(C#Cc3ccccc3)c2)C1)C(=O)NO. The predicted octanol–water partition coefficient (Wildman–Crippen LogP) is 1.84. The largest absolute Gasteiger partial charge is 0.391 e. The van der Waals surface area contributed by atoms with Gasteiger partial charge in [0, 0.05) is 30.1 Å². The van der Waals surface area contributed by atoms with Crippen LogP contribution in [0, 0.1) is 11.8 Å². The van der Waals surface area contributed by atoms with E-state index in [1.54, 1.807) is 4.90 Å². The van der Waals surface area contributed by atoms with Crippen LogP contribution in [-0.4, -0.2) is 52.4 Å². The minimum atomic E-state index is -1.22. The molecular formula is C23H25N3O4. The third-order valence-corrected chi connectivity index (χ3v) is 5.11. The molecule has 0 aliphatic carbocycles. The smallest absolute Gasteiger partial charge is 0.318 e. The minimum absolute atomic E-state index is 0.158. The Balaban J connectivity index is 1.64. The molecule has 7 nitrogen and oxygen atoms in total. The van der Waals surface area contributed by atoms with Crippen LogP contribution in [0.5, 0.6) is 0 Å². The maximum absolute atomic E-state index is 12.5. The van der Waals surface area contributed by atoms with Gasteiger partial charge in [0.2, 0.25) is 0 Å². The number of aliphatic hydroxyl groups is 1. The highest BCUT2D eigenvalue weighted by Gasteiger charge is 2.31. The van der Waals surface area contributed by atoms with E-state index >= 15 is 0 Å². The van der Waals surface area contributed by atoms with Gasteiger partial charge in [0.25, 0.3) is 5.91 Å². The molecule has 1 heterocycles. The first-order valence-corrected chi connectivity index (χ1v) is 9.82. The molecule has 1 saturated heterocycles. The molecule has 0 aromatic heterocycles. The summed E-state index contributed by atoms with van der Waals surface area (Å²) in [4.78, 5) is 25.7. The number of hydroxylamine groups is 1. The van der Waals surface area contributed by atoms with Gasteiger partial charge in [-0.1, -0.05) is 42.2 Å². The van der Waals surface area contributed by atoms with Crippen LogP contribution >= 0.6 is 0 Å². The third-order valence-electron chi connectivity index (χ3n) is 5.11. The van der Waals surface area contributed by atoms with Gasteiger partial charge in [0.05, 0.1) is 6.10 Å². The molecular weight excluding hydrogens is 382 g/mol. The van der Waals surface area contributed by atoms with E-state index in [0.29, 0.717) is 13.1 Å². The topological polar surface area (TPSA) is 102 Å². The monoisotopic (exact) mass is 407 g/mol. The Morgan fingerprint density at radius 2 is 1.80 bits per heavy atom. The van der Waals surface area contributed by atoms with E-state index in [0.717, 1.165) is 23.1 Å². The number of hydrogen-bond acceptors (Lipinski definition) is 4. The molecule has 3 atom stereocenters. The average molecular weight is 407 g/mol. The molecule has 0 bridgehead atoms. The molecule has 156 valence electrons. The number of carbonyl (C=O) groups excluding carboxylic acids is 2. The van der Waals surface area contributed by atoms with Gasteiger partial charge < -0.3 is 15.3 Å². The van der Waals surface area contributed by atoms with Crippen molar-refractivity contribution in [1.82, 2.24) is 15.7 Å². The van der Waals surface area contributed by atoms with Gasteiger partial charge in [-0.15, -0.1) is 0 Å². The van der Waals surface area contributed by atoms with E-state index in [1.807, 2.05) is 54.6 Å². The van der Waals surface area contributed by atoms with E-state index in [1.165, 1.54) is 12.4 Å². The van der Waals surface area contributed by atoms with Crippen molar-refractivity contribution in [1.29, 1.82) is 0 Å². The first-order chi connectivity index (χ1) is 14.5. The van der Waals surface area contributed by atoms with Gasteiger partial charge in [-0.3, -0.25) is 10.0 Å². The Hall–Kier alpha value is -3.34. The Labute approximate surface area is 175 Å². The van der Waals surface area contributed by atoms with Gasteiger partial charge in [0.15, 0.2) is 0 Å². The van der Waals surface area contributed by atoms with Crippen molar-refractivity contribution in [2.75, 3.05) is 13.1 Å². The summed E-state index contributed by atoms with van der Waals surface area (Å²) in [7, 11) is 0. The van der Waals surface area contributed by atoms with Gasteiger partial charge >= 0.3 is 6.03 Å². The maximum Gasteiger partial charge on any atom is 0.318 e. The molecule has 7 heteroatoms. The molecule has 30 heavy (non-hydrogen) atoms. The van der Waals surface area contributed by atoms with Gasteiger partial charge in [0.1, 0.15) is 6.04 Å². The van der Waals surface area contributed by atoms with Crippen molar-refractivity contribution in [2.24, 2.45) is 0 Å². The van der Waals surface area contributed by atoms with Crippen molar-refractivity contribution in [3.05, 3.63) is 71.3 Å². The van der Waals surface area contributed by atoms with Crippen LogP contribution in [0.3, 0.4) is 0 Å². The Morgan fingerprint density at radius 3 is 2.50 bits per heavy atom. The first kappa shape index (κ1) is 21.4. The molecule has 4 N–H and O–H groups in total. The Morgan fingerprint density at radius 1 is 1.10 bits per heavy atom. The van der Waals surface area contributed by atoms with Crippen LogP contribution in [0.1, 0.15) is 36.0 Å². The number of aliphatic hydroxyl groups excluding tert-OH is 1. The van der Waals surface area contributed by atoms with E-state index in [9.17, 15) is 14.7 Å². The molecule has 0 radical (unpaired) electrons. The fraction of sp³-hybridized carbons (Fsp3) is 0.304. The second kappa shape index (κ2) is 9.92. The lowest BCUT2D eigenvalue weighted by Crippen LogP contribution is -2.54. The molecule has 2 aromatic carbocycles. The maximum atomic E-state index is 12.5. The summed E-state index contributed by atoms with van der Waals surface area (Å²) in [5, 5.41) is 20.9. The standard InChI is InChI=1S/C23H25N3O4/c1-16(27)21(22(28)25-30)24-23(29)26-13-12-20(15-26)19-9-5-8-18(14-19)11-10-17-6-3-2-4-7-17/h2-9,14,16,20-21,27,30H,12-13,15H2,1H3,(H,24,29)(H,25,28)/t16-,20?,21+/m1/s1. The summed E-state index contributed by atoms with van der Waals surface area (Å²) in [6.45, 7) is 2.40. The molecule has 1 aliphatic rings. The van der Waals surface area contributed by atoms with Crippen molar-refractivity contribution >= 4 is 11.9 Å². The van der Waals surface area contributed by atoms with Gasteiger partial charge in [-0.2, -0.15) is 0 Å². The molecule has 1 aliphatic heterocycles. The zero-order chi connectivity index (χ0) is 21.5. The van der Waals surface area contributed by atoms with Crippen molar-refractivity contribution in [3.63, 3.8) is 0 Å². The second-order valence-electron chi connectivity index (χ2n) is 7.32. The summed E-state index contributed by atoms with van der Waals surface area (Å²) in [6.07, 6.45) is -0.353. The van der Waals surface area contributed by atoms with Crippen molar-refractivity contribution in [2.45, 2.75) is 31.4 Å². The molecule has 2 aromatic rings. The van der Waals surface area contributed by atoms with E-state index < -0.39 is 24.1 Å². The lowest BCUT2D eigenvalue weighted by atomic mass is 9.97. The summed E-state index contributed by atoms with van der Waals surface area (Å²) in [6, 6.07) is 16.1. The van der Waals surface area contributed by atoms with E-state index in [4.69, 9.17) is 5.21 Å². The molecule has 0 saturated carbocycles. The number of nitrogens with zero attached hydrogens (tertiary/aromatic N) is 1. The molecule has 3 amide bonds. The highest BCUT2D eigenvalue weighted by Crippen LogP contribution is 2.27. The lowest BCUT2D eigenvalue weighted by molar-refractivity contribution is -0.133. The fourth-order valence-electron chi connectivity index (χ4n) is 3.45. The zero-order valence-corrected chi connectivity index (χ0v) is 16.7. The number of rotatable bonds is 4. The van der Waals surface area contributed by atoms with Gasteiger partial charge in [-0.25, -0.2) is 10.3 Å². The van der Waals surface area contributed by atoms with Crippen LogP contribution in [-0.2, 0) is 4.79 Å². The summed E-state index contributed by atoms with van der Waals surface area (Å²) < 4.78 is 0. The third kappa shape index (κ3) is 5.38. The Bertz CT molecular complexity index is 950. The van der Waals surface area contributed by atoms with Crippen LogP contribution in [0.15, 0.2) is 54.6 Å². The van der Waals surface area contributed by atoms with E-state index in [-0.39, 0.29) is 5.92 Å². The Kier molecular flexibility index (Phi) is 7.07. The fourth-order valence-corrected chi connectivity index (χ4v) is 3.45. The number of nitrogens with one attached hydrogen (secondary N) is 2. The average Bonchev–Trinajstić information content (AvgIpc) is 3.26. The zero-order valence-electron chi connectivity index (χ0n) is 16.7. The highest BCUT2D eigenvalue weighted by molar-refractivity contribution is 5.87. The van der Waals surface area contributed by atoms with Crippen LogP contribution in [0.2, 0.25) is 0 Å². The number of amides is 3. The minimum Gasteiger partial charge on any atom is -0.391 e. The quantitative estimate of drug-likeness (QED) is 0.353. The lowest BCUT2D eigenvalue weighted by Gasteiger charge is -2.23. The van der Waals surface area contributed by atoms with Crippen LogP contribution in [0.4, 0.5) is 4.79 Å². The molecule has 3 rings (SSSR count). The predicted molar refractivity (Wildman–Crippen MR) is 112 cm³/mol. The normalized spacial score (nSPS) is 17.4. The number of benzene rings is 2. The molecule has 1 unspecified atom stereocenters. The number of likely N-dealkylation sites (tertiary alicyclic amines) is 1. The highest BCUT2D eigenvalue weighted by atomic mass is 16.5.